The van der Waals surface area contributed by atoms with Crippen LogP contribution in [0.25, 0.3) is 0 Å². The van der Waals surface area contributed by atoms with E-state index < -0.39 is 0 Å². The second-order valence-corrected chi connectivity index (χ2v) is 5.51. The van der Waals surface area contributed by atoms with Crippen molar-refractivity contribution in [2.24, 2.45) is 0 Å². The molecule has 0 bridgehead atoms. The summed E-state index contributed by atoms with van der Waals surface area (Å²) in [7, 11) is 0. The Morgan fingerprint density at radius 3 is 2.67 bits per heavy atom. The van der Waals surface area contributed by atoms with Crippen molar-refractivity contribution >= 4 is 5.82 Å². The van der Waals surface area contributed by atoms with E-state index in [4.69, 9.17) is 0 Å². The number of nitrogens with one attached hydrogen (secondary N) is 1. The molecule has 3 nitrogen and oxygen atoms in total. The Balaban J connectivity index is 1.64. The standard InChI is InChI=1S/C17H20FN3/c18-14-8-6-13(7-9-14)10-11-19-17-15-4-2-1-3-5-16(15)20-12-21-17/h6-9,12H,1-5,10-11H2,(H,19,20,21). The van der Waals surface area contributed by atoms with Gasteiger partial charge in [-0.05, 0) is 49.8 Å². The maximum Gasteiger partial charge on any atom is 0.132 e. The molecule has 0 saturated carbocycles. The summed E-state index contributed by atoms with van der Waals surface area (Å²) in [5.74, 6) is 0.789. The highest BCUT2D eigenvalue weighted by atomic mass is 19.1. The van der Waals surface area contributed by atoms with E-state index in [-0.39, 0.29) is 5.82 Å². The van der Waals surface area contributed by atoms with E-state index in [1.54, 1.807) is 6.33 Å². The van der Waals surface area contributed by atoms with Crippen LogP contribution in [0.15, 0.2) is 30.6 Å². The molecule has 2 aromatic rings. The third kappa shape index (κ3) is 3.57. The SMILES string of the molecule is Fc1ccc(CCNc2ncnc3c2CCCCC3)cc1. The molecule has 0 saturated heterocycles. The summed E-state index contributed by atoms with van der Waals surface area (Å²) in [5, 5.41) is 3.42. The number of nitrogens with zero attached hydrogens (tertiary/aromatic N) is 2. The molecule has 0 radical (unpaired) electrons. The third-order valence-corrected chi connectivity index (χ3v) is 3.99. The molecule has 0 unspecified atom stereocenters. The summed E-state index contributed by atoms with van der Waals surface area (Å²) < 4.78 is 12.9. The van der Waals surface area contributed by atoms with Gasteiger partial charge in [-0.25, -0.2) is 14.4 Å². The Kier molecular flexibility index (Phi) is 4.43. The number of hydrogen-bond acceptors (Lipinski definition) is 3. The zero-order valence-corrected chi connectivity index (χ0v) is 12.1. The molecule has 1 heterocycles. The van der Waals surface area contributed by atoms with Gasteiger partial charge in [-0.15, -0.1) is 0 Å². The zero-order valence-electron chi connectivity index (χ0n) is 12.1. The van der Waals surface area contributed by atoms with Crippen LogP contribution in [0.4, 0.5) is 10.2 Å². The van der Waals surface area contributed by atoms with Gasteiger partial charge in [0, 0.05) is 17.8 Å². The Morgan fingerprint density at radius 1 is 1.00 bits per heavy atom. The van der Waals surface area contributed by atoms with Crippen molar-refractivity contribution < 1.29 is 4.39 Å². The van der Waals surface area contributed by atoms with E-state index >= 15 is 0 Å². The first-order chi connectivity index (χ1) is 10.3. The summed E-state index contributed by atoms with van der Waals surface area (Å²) >= 11 is 0. The van der Waals surface area contributed by atoms with Crippen LogP contribution in [0.2, 0.25) is 0 Å². The lowest BCUT2D eigenvalue weighted by atomic mass is 10.1. The van der Waals surface area contributed by atoms with Crippen LogP contribution in [-0.2, 0) is 19.3 Å². The average Bonchev–Trinajstić information content (AvgIpc) is 2.75. The lowest BCUT2D eigenvalue weighted by Crippen LogP contribution is -2.10. The van der Waals surface area contributed by atoms with E-state index in [0.29, 0.717) is 0 Å². The average molecular weight is 285 g/mol. The first-order valence-corrected chi connectivity index (χ1v) is 7.64. The van der Waals surface area contributed by atoms with Gasteiger partial charge >= 0.3 is 0 Å². The minimum atomic E-state index is -0.187. The van der Waals surface area contributed by atoms with Gasteiger partial charge in [0.05, 0.1) is 0 Å². The van der Waals surface area contributed by atoms with Crippen LogP contribution in [0, 0.1) is 5.82 Å². The molecule has 3 rings (SSSR count). The zero-order chi connectivity index (χ0) is 14.5. The molecule has 1 aromatic heterocycles. The van der Waals surface area contributed by atoms with Crippen LogP contribution >= 0.6 is 0 Å². The Hall–Kier alpha value is -1.97. The molecule has 0 amide bonds. The molecule has 1 aliphatic carbocycles. The summed E-state index contributed by atoms with van der Waals surface area (Å²) in [6.45, 7) is 0.801. The van der Waals surface area contributed by atoms with E-state index in [1.807, 2.05) is 12.1 Å². The van der Waals surface area contributed by atoms with Gasteiger partial charge in [0.25, 0.3) is 0 Å². The number of aromatic nitrogens is 2. The normalized spacial score (nSPS) is 14.3. The molecule has 1 aliphatic rings. The fraction of sp³-hybridized carbons (Fsp3) is 0.412. The smallest absolute Gasteiger partial charge is 0.132 e. The molecule has 0 fully saturated rings. The molecule has 0 aliphatic heterocycles. The Bertz CT molecular complexity index is 595. The molecule has 1 aromatic carbocycles. The van der Waals surface area contributed by atoms with Crippen molar-refractivity contribution in [1.29, 1.82) is 0 Å². The number of rotatable bonds is 4. The third-order valence-electron chi connectivity index (χ3n) is 3.99. The van der Waals surface area contributed by atoms with Gasteiger partial charge in [-0.1, -0.05) is 18.6 Å². The van der Waals surface area contributed by atoms with Crippen LogP contribution < -0.4 is 5.32 Å². The maximum absolute atomic E-state index is 12.9. The first-order valence-electron chi connectivity index (χ1n) is 7.64. The number of aryl methyl sites for hydroxylation is 1. The molecule has 21 heavy (non-hydrogen) atoms. The first kappa shape index (κ1) is 14.0. The number of anilines is 1. The van der Waals surface area contributed by atoms with Crippen molar-refractivity contribution in [3.05, 3.63) is 53.2 Å². The van der Waals surface area contributed by atoms with Crippen LogP contribution in [0.3, 0.4) is 0 Å². The Labute approximate surface area is 124 Å². The van der Waals surface area contributed by atoms with Gasteiger partial charge in [-0.2, -0.15) is 0 Å². The van der Waals surface area contributed by atoms with Crippen molar-refractivity contribution in [2.75, 3.05) is 11.9 Å². The van der Waals surface area contributed by atoms with Gasteiger partial charge in [0.1, 0.15) is 18.0 Å². The van der Waals surface area contributed by atoms with Gasteiger partial charge in [0.2, 0.25) is 0 Å². The van der Waals surface area contributed by atoms with E-state index in [1.165, 1.54) is 42.7 Å². The number of fused-ring (bicyclic) bond motifs is 1. The minimum absolute atomic E-state index is 0.187. The maximum atomic E-state index is 12.9. The second-order valence-electron chi connectivity index (χ2n) is 5.51. The molecular weight excluding hydrogens is 265 g/mol. The monoisotopic (exact) mass is 285 g/mol. The van der Waals surface area contributed by atoms with E-state index in [9.17, 15) is 4.39 Å². The fourth-order valence-corrected chi connectivity index (χ4v) is 2.83. The van der Waals surface area contributed by atoms with Crippen LogP contribution in [0.5, 0.6) is 0 Å². The largest absolute Gasteiger partial charge is 0.369 e. The topological polar surface area (TPSA) is 37.8 Å². The van der Waals surface area contributed by atoms with Crippen molar-refractivity contribution in [3.63, 3.8) is 0 Å². The predicted molar refractivity (Wildman–Crippen MR) is 81.9 cm³/mol. The molecule has 1 N–H and O–H groups in total. The van der Waals surface area contributed by atoms with E-state index in [2.05, 4.69) is 15.3 Å². The van der Waals surface area contributed by atoms with Crippen molar-refractivity contribution in [1.82, 2.24) is 9.97 Å². The van der Waals surface area contributed by atoms with Crippen LogP contribution in [-0.4, -0.2) is 16.5 Å². The minimum Gasteiger partial charge on any atom is -0.369 e. The molecule has 0 spiro atoms. The number of halogens is 1. The molecular formula is C17H20FN3. The number of hydrogen-bond donors (Lipinski definition) is 1. The summed E-state index contributed by atoms with van der Waals surface area (Å²) in [4.78, 5) is 8.82. The van der Waals surface area contributed by atoms with Gasteiger partial charge in [0.15, 0.2) is 0 Å². The van der Waals surface area contributed by atoms with Crippen LogP contribution in [0.1, 0.15) is 36.1 Å². The van der Waals surface area contributed by atoms with Gasteiger partial charge < -0.3 is 5.32 Å². The lowest BCUT2D eigenvalue weighted by molar-refractivity contribution is 0.627. The quantitative estimate of drug-likeness (QED) is 0.873. The van der Waals surface area contributed by atoms with Crippen molar-refractivity contribution in [2.45, 2.75) is 38.5 Å². The molecule has 0 atom stereocenters. The van der Waals surface area contributed by atoms with Crippen molar-refractivity contribution in [3.8, 4) is 0 Å². The highest BCUT2D eigenvalue weighted by Crippen LogP contribution is 2.23. The summed E-state index contributed by atoms with van der Waals surface area (Å²) in [6, 6.07) is 6.67. The predicted octanol–water partition coefficient (Wildman–Crippen LogP) is 3.54. The van der Waals surface area contributed by atoms with E-state index in [0.717, 1.165) is 37.2 Å². The Morgan fingerprint density at radius 2 is 1.81 bits per heavy atom. The lowest BCUT2D eigenvalue weighted by Gasteiger charge is -2.12. The molecule has 110 valence electrons. The highest BCUT2D eigenvalue weighted by molar-refractivity contribution is 5.46. The number of benzene rings is 1. The summed E-state index contributed by atoms with van der Waals surface area (Å²) in [5.41, 5.74) is 3.62. The van der Waals surface area contributed by atoms with Gasteiger partial charge in [-0.3, -0.25) is 0 Å². The summed E-state index contributed by atoms with van der Waals surface area (Å²) in [6.07, 6.45) is 8.35. The molecule has 4 heteroatoms. The second kappa shape index (κ2) is 6.66. The highest BCUT2D eigenvalue weighted by Gasteiger charge is 2.13. The fourth-order valence-electron chi connectivity index (χ4n) is 2.83.